The zero-order valence-electron chi connectivity index (χ0n) is 23.0. The lowest BCUT2D eigenvalue weighted by Gasteiger charge is -2.47. The molecule has 12 nitrogen and oxygen atoms in total. The van der Waals surface area contributed by atoms with E-state index in [-0.39, 0.29) is 27.9 Å². The van der Waals surface area contributed by atoms with E-state index in [1.165, 1.54) is 12.3 Å². The molecule has 42 heavy (non-hydrogen) atoms. The number of rotatable bonds is 7. The van der Waals surface area contributed by atoms with Gasteiger partial charge in [-0.05, 0) is 55.9 Å². The third kappa shape index (κ3) is 5.39. The molecule has 0 unspecified atom stereocenters. The summed E-state index contributed by atoms with van der Waals surface area (Å²) in [6, 6.07) is 8.46. The van der Waals surface area contributed by atoms with Crippen LogP contribution in [0.1, 0.15) is 25.7 Å². The molecule has 2 aromatic heterocycles. The van der Waals surface area contributed by atoms with E-state index in [1.807, 2.05) is 4.90 Å². The third-order valence-corrected chi connectivity index (χ3v) is 9.69. The largest absolute Gasteiger partial charge is 0.366 e. The molecule has 2 aromatic carbocycles. The first-order valence-corrected chi connectivity index (χ1v) is 16.4. The van der Waals surface area contributed by atoms with Crippen molar-refractivity contribution in [2.75, 3.05) is 42.0 Å². The Balaban J connectivity index is 1.25. The van der Waals surface area contributed by atoms with Crippen LogP contribution in [0.4, 0.5) is 34.5 Å². The maximum Gasteiger partial charge on any atom is 0.294 e. The topological polar surface area (TPSA) is 156 Å². The number of nitrogens with one attached hydrogen (secondary N) is 2. The van der Waals surface area contributed by atoms with Crippen molar-refractivity contribution in [3.8, 4) is 0 Å². The number of piperidine rings is 1. The first-order valence-electron chi connectivity index (χ1n) is 13.4. The third-order valence-electron chi connectivity index (χ3n) is 7.89. The van der Waals surface area contributed by atoms with Gasteiger partial charge in [-0.3, -0.25) is 24.9 Å². The molecule has 3 heterocycles. The molecule has 1 aliphatic heterocycles. The van der Waals surface area contributed by atoms with Gasteiger partial charge < -0.3 is 20.1 Å². The van der Waals surface area contributed by atoms with Crippen LogP contribution in [0.5, 0.6) is 0 Å². The second-order valence-electron chi connectivity index (χ2n) is 11.2. The molecule has 1 aliphatic carbocycles. The van der Waals surface area contributed by atoms with Crippen molar-refractivity contribution in [3.63, 3.8) is 0 Å². The number of nitrogens with zero attached hydrogens (tertiary/aromatic N) is 6. The number of carbonyl (C=O) groups is 1. The fraction of sp³-hybridized carbons (Fsp3) is 0.321. The van der Waals surface area contributed by atoms with Gasteiger partial charge in [0.25, 0.3) is 5.69 Å². The van der Waals surface area contributed by atoms with Gasteiger partial charge in [0.1, 0.15) is 29.2 Å². The highest BCUT2D eigenvalue weighted by molar-refractivity contribution is 7.71. The fourth-order valence-electron chi connectivity index (χ4n) is 5.81. The molecule has 2 fully saturated rings. The van der Waals surface area contributed by atoms with Gasteiger partial charge in [-0.15, -0.1) is 0 Å². The molecular weight excluding hydrogens is 579 g/mol. The van der Waals surface area contributed by atoms with Crippen LogP contribution >= 0.6 is 18.7 Å². The summed E-state index contributed by atoms with van der Waals surface area (Å²) in [5, 5.41) is 19.0. The lowest BCUT2D eigenvalue weighted by Crippen LogP contribution is -2.47. The van der Waals surface area contributed by atoms with Gasteiger partial charge in [-0.1, -0.05) is 11.6 Å². The quantitative estimate of drug-likeness (QED) is 0.152. The van der Waals surface area contributed by atoms with Crippen LogP contribution < -0.4 is 20.8 Å². The summed E-state index contributed by atoms with van der Waals surface area (Å²) in [5.74, 6) is 0.724. The zero-order valence-corrected chi connectivity index (χ0v) is 24.7. The molecule has 2 aliphatic rings. The highest BCUT2D eigenvalue weighted by Crippen LogP contribution is 2.48. The SMILES string of the molecule is CP(C)(=O)c1c(Nc2nc(Nc3ccc(N4CCC5(CC4)CC(=O)C5)c([N+](=O)[O-])c3)ncc2Cl)ccc2nccnc12. The molecule has 216 valence electrons. The van der Waals surface area contributed by atoms with E-state index >= 15 is 0 Å². The van der Waals surface area contributed by atoms with Gasteiger partial charge >= 0.3 is 0 Å². The van der Waals surface area contributed by atoms with Gasteiger partial charge in [0.05, 0.1) is 27.6 Å². The summed E-state index contributed by atoms with van der Waals surface area (Å²) in [4.78, 5) is 42.6. The summed E-state index contributed by atoms with van der Waals surface area (Å²) >= 11 is 6.42. The van der Waals surface area contributed by atoms with E-state index in [0.29, 0.717) is 65.1 Å². The fourth-order valence-corrected chi connectivity index (χ4v) is 7.35. The van der Waals surface area contributed by atoms with Crippen molar-refractivity contribution in [1.82, 2.24) is 19.9 Å². The van der Waals surface area contributed by atoms with E-state index < -0.39 is 12.1 Å². The van der Waals surface area contributed by atoms with Crippen molar-refractivity contribution >= 4 is 75.4 Å². The Bertz CT molecular complexity index is 1780. The standard InChI is InChI=1S/C28H28ClN8O4P/c1-42(2,41)25-21(5-4-20-24(25)31-10-9-30-20)34-26-19(29)16-32-27(35-26)33-17-3-6-22(23(13-17)37(39)40)36-11-7-28(8-12-36)14-18(38)15-28/h3-6,9-10,13,16H,7-8,11-12,14-15H2,1-2H3,(H2,32,33,34,35). The molecule has 4 aromatic rings. The summed E-state index contributed by atoms with van der Waals surface area (Å²) in [5.41, 5.74) is 2.69. The Labute approximate surface area is 246 Å². The molecule has 2 N–H and O–H groups in total. The number of hydrogen-bond acceptors (Lipinski definition) is 11. The van der Waals surface area contributed by atoms with Crippen LogP contribution in [0.2, 0.25) is 5.02 Å². The lowest BCUT2D eigenvalue weighted by molar-refractivity contribution is -0.384. The van der Waals surface area contributed by atoms with Crippen LogP contribution in [-0.4, -0.2) is 57.1 Å². The monoisotopic (exact) mass is 606 g/mol. The second kappa shape index (κ2) is 10.6. The van der Waals surface area contributed by atoms with E-state index in [9.17, 15) is 19.5 Å². The maximum absolute atomic E-state index is 13.3. The van der Waals surface area contributed by atoms with Gasteiger partial charge in [-0.25, -0.2) is 4.98 Å². The van der Waals surface area contributed by atoms with Crippen molar-refractivity contribution in [1.29, 1.82) is 0 Å². The number of nitro benzene ring substituents is 1. The van der Waals surface area contributed by atoms with Crippen LogP contribution in [0.25, 0.3) is 11.0 Å². The molecule has 0 radical (unpaired) electrons. The van der Waals surface area contributed by atoms with Crippen molar-refractivity contribution in [2.45, 2.75) is 25.7 Å². The van der Waals surface area contributed by atoms with Crippen molar-refractivity contribution < 1.29 is 14.3 Å². The molecular formula is C28H28ClN8O4P. The maximum atomic E-state index is 13.3. The van der Waals surface area contributed by atoms with Crippen molar-refractivity contribution in [3.05, 3.63) is 64.1 Å². The Hall–Kier alpha value is -4.15. The minimum Gasteiger partial charge on any atom is -0.366 e. The van der Waals surface area contributed by atoms with Gasteiger partial charge in [0.15, 0.2) is 5.82 Å². The van der Waals surface area contributed by atoms with Crippen LogP contribution in [0.3, 0.4) is 0 Å². The van der Waals surface area contributed by atoms with E-state index in [4.69, 9.17) is 11.6 Å². The first-order chi connectivity index (χ1) is 20.0. The molecule has 0 atom stereocenters. The minimum atomic E-state index is -2.81. The van der Waals surface area contributed by atoms with Crippen molar-refractivity contribution in [2.24, 2.45) is 5.41 Å². The number of halogens is 1. The molecule has 0 amide bonds. The number of anilines is 5. The number of benzene rings is 2. The molecule has 1 spiro atoms. The lowest BCUT2D eigenvalue weighted by atomic mass is 9.62. The smallest absolute Gasteiger partial charge is 0.294 e. The van der Waals surface area contributed by atoms with E-state index in [1.54, 1.807) is 50.0 Å². The Morgan fingerprint density at radius 1 is 1.05 bits per heavy atom. The second-order valence-corrected chi connectivity index (χ2v) is 14.8. The van der Waals surface area contributed by atoms with Gasteiger partial charge in [-0.2, -0.15) is 4.98 Å². The number of hydrogen-bond donors (Lipinski definition) is 2. The van der Waals surface area contributed by atoms with E-state index in [0.717, 1.165) is 12.8 Å². The highest BCUT2D eigenvalue weighted by Gasteiger charge is 2.45. The van der Waals surface area contributed by atoms with Crippen LogP contribution in [0, 0.1) is 15.5 Å². The molecule has 14 heteroatoms. The van der Waals surface area contributed by atoms with E-state index in [2.05, 4.69) is 30.6 Å². The number of ketones is 1. The first kappa shape index (κ1) is 28.0. The molecule has 6 rings (SSSR count). The Morgan fingerprint density at radius 3 is 2.48 bits per heavy atom. The van der Waals surface area contributed by atoms with Crippen LogP contribution in [0.15, 0.2) is 48.9 Å². The number of nitro groups is 1. The zero-order chi connectivity index (χ0) is 29.6. The number of carbonyl (C=O) groups excluding carboxylic acids is 1. The Morgan fingerprint density at radius 2 is 1.79 bits per heavy atom. The summed E-state index contributed by atoms with van der Waals surface area (Å²) < 4.78 is 13.3. The van der Waals surface area contributed by atoms with Gasteiger partial charge in [0, 0.05) is 50.1 Å². The van der Waals surface area contributed by atoms with Crippen LogP contribution in [-0.2, 0) is 9.36 Å². The van der Waals surface area contributed by atoms with Gasteiger partial charge in [0.2, 0.25) is 5.95 Å². The number of Topliss-reactive ketones (excluding diaryl/α,β-unsaturated/α-hetero) is 1. The highest BCUT2D eigenvalue weighted by atomic mass is 35.5. The minimum absolute atomic E-state index is 0.0310. The summed E-state index contributed by atoms with van der Waals surface area (Å²) in [7, 11) is -2.81. The number of fused-ring (bicyclic) bond motifs is 1. The normalized spacial score (nSPS) is 16.4. The summed E-state index contributed by atoms with van der Waals surface area (Å²) in [6.07, 6.45) is 7.48. The molecule has 0 bridgehead atoms. The molecule has 1 saturated heterocycles. The predicted octanol–water partition coefficient (Wildman–Crippen LogP) is 5.67. The Kier molecular flexibility index (Phi) is 7.06. The average molecular weight is 607 g/mol. The summed E-state index contributed by atoms with van der Waals surface area (Å²) in [6.45, 7) is 4.65. The predicted molar refractivity (Wildman–Crippen MR) is 163 cm³/mol. The molecule has 1 saturated carbocycles. The number of aromatic nitrogens is 4. The average Bonchev–Trinajstić information content (AvgIpc) is 2.94.